The number of nitrogens with one attached hydrogen (secondary N) is 1. The van der Waals surface area contributed by atoms with Crippen molar-refractivity contribution in [2.75, 3.05) is 28.2 Å². The number of thioether (sulfide) groups is 1. The van der Waals surface area contributed by atoms with Gasteiger partial charge in [-0.05, 0) is 62.7 Å². The largest absolute Gasteiger partial charge is 0.372 e. The lowest BCUT2D eigenvalue weighted by Gasteiger charge is -2.31. The Bertz CT molecular complexity index is 1730. The van der Waals surface area contributed by atoms with Crippen LogP contribution in [-0.4, -0.2) is 40.6 Å². The Morgan fingerprint density at radius 3 is 2.21 bits per heavy atom. The second kappa shape index (κ2) is 11.9. The van der Waals surface area contributed by atoms with Crippen LogP contribution in [0.25, 0.3) is 0 Å². The Hall–Kier alpha value is -4.15. The fourth-order valence-electron chi connectivity index (χ4n) is 5.91. The van der Waals surface area contributed by atoms with Crippen LogP contribution in [0.3, 0.4) is 0 Å². The summed E-state index contributed by atoms with van der Waals surface area (Å²) in [5, 5.41) is 2.71. The first-order valence-corrected chi connectivity index (χ1v) is 16.0. The number of para-hydroxylation sites is 1. The fourth-order valence-corrected chi connectivity index (χ4v) is 8.68. The molecule has 8 nitrogen and oxygen atoms in total. The van der Waals surface area contributed by atoms with Crippen molar-refractivity contribution in [1.29, 1.82) is 0 Å². The van der Waals surface area contributed by atoms with Gasteiger partial charge in [-0.3, -0.25) is 23.7 Å². The van der Waals surface area contributed by atoms with Gasteiger partial charge in [0, 0.05) is 35.3 Å². The molecule has 1 N–H and O–H groups in total. The van der Waals surface area contributed by atoms with Crippen molar-refractivity contribution in [2.45, 2.75) is 43.5 Å². The maximum atomic E-state index is 14.0. The van der Waals surface area contributed by atoms with E-state index in [2.05, 4.69) is 24.1 Å². The molecule has 2 aliphatic rings. The van der Waals surface area contributed by atoms with Gasteiger partial charge in [-0.2, -0.15) is 0 Å². The highest BCUT2D eigenvalue weighted by Gasteiger charge is 2.56. The van der Waals surface area contributed by atoms with Gasteiger partial charge in [0.2, 0.25) is 17.7 Å². The molecular formula is C33H32N4O4S2. The van der Waals surface area contributed by atoms with Crippen molar-refractivity contribution in [3.05, 3.63) is 105 Å². The summed E-state index contributed by atoms with van der Waals surface area (Å²) in [5.41, 5.74) is 4.17. The smallest absolute Gasteiger partial charge is 0.308 e. The van der Waals surface area contributed by atoms with E-state index in [1.54, 1.807) is 24.3 Å². The van der Waals surface area contributed by atoms with Crippen LogP contribution in [0.2, 0.25) is 0 Å². The van der Waals surface area contributed by atoms with Crippen LogP contribution in [0.15, 0.2) is 88.7 Å². The molecule has 0 spiro atoms. The molecule has 0 radical (unpaired) electrons. The summed E-state index contributed by atoms with van der Waals surface area (Å²) >= 11 is 2.28. The van der Waals surface area contributed by atoms with Crippen molar-refractivity contribution < 1.29 is 14.4 Å². The molecule has 2 aliphatic heterocycles. The van der Waals surface area contributed by atoms with Crippen molar-refractivity contribution >= 4 is 57.9 Å². The van der Waals surface area contributed by atoms with Gasteiger partial charge in [-0.25, -0.2) is 4.90 Å². The number of carbonyl (C=O) groups excluding carboxylic acids is 3. The maximum absolute atomic E-state index is 14.0. The summed E-state index contributed by atoms with van der Waals surface area (Å²) in [4.78, 5) is 58.4. The summed E-state index contributed by atoms with van der Waals surface area (Å²) in [5.74, 6) is -2.11. The number of amides is 3. The third-order valence-electron chi connectivity index (χ3n) is 8.08. The number of benzene rings is 3. The Balaban J connectivity index is 1.40. The summed E-state index contributed by atoms with van der Waals surface area (Å²) in [6.07, 6.45) is 0. The minimum Gasteiger partial charge on any atom is -0.372 e. The first-order valence-electron chi connectivity index (χ1n) is 14.3. The molecule has 0 aliphatic carbocycles. The zero-order valence-electron chi connectivity index (χ0n) is 24.2. The van der Waals surface area contributed by atoms with E-state index in [0.29, 0.717) is 21.3 Å². The van der Waals surface area contributed by atoms with E-state index < -0.39 is 17.1 Å². The van der Waals surface area contributed by atoms with Crippen molar-refractivity contribution in [2.24, 2.45) is 5.92 Å². The van der Waals surface area contributed by atoms with Crippen LogP contribution in [-0.2, 0) is 20.9 Å². The lowest BCUT2D eigenvalue weighted by atomic mass is 9.83. The molecule has 43 heavy (non-hydrogen) atoms. The van der Waals surface area contributed by atoms with Crippen LogP contribution >= 0.6 is 23.1 Å². The SMILES string of the molecule is CCN(CC)c1ccc([C@H]2c3sc(=O)n(CC(=O)Nc4ccc(C)cc4)c3SC3C(=O)N(c4ccccc4)C(=O)C32)cc1. The molecule has 3 atom stereocenters. The standard InChI is InChI=1S/C33H32N4O4S2/c1-4-35(5-2)23-17-13-21(14-18-23)26-27-28(31(40)37(30(27)39)24-9-7-6-8-10-24)42-32-29(26)43-33(41)36(32)19-25(38)34-22-15-11-20(3)12-16-22/h6-18,26-28H,4-5,19H2,1-3H3,(H,34,38)/t26-,27?,28?/m1/s1. The first-order chi connectivity index (χ1) is 20.8. The van der Waals surface area contributed by atoms with Crippen LogP contribution in [0.1, 0.15) is 35.8 Å². The molecule has 1 saturated heterocycles. The van der Waals surface area contributed by atoms with Crippen molar-refractivity contribution in [1.82, 2.24) is 4.57 Å². The minimum absolute atomic E-state index is 0.193. The monoisotopic (exact) mass is 612 g/mol. The minimum atomic E-state index is -0.729. The van der Waals surface area contributed by atoms with Gasteiger partial charge >= 0.3 is 4.87 Å². The highest BCUT2D eigenvalue weighted by molar-refractivity contribution is 8.00. The molecule has 10 heteroatoms. The Kier molecular flexibility index (Phi) is 7.98. The number of thiazole rings is 1. The first kappa shape index (κ1) is 28.9. The predicted molar refractivity (Wildman–Crippen MR) is 172 cm³/mol. The fraction of sp³-hybridized carbons (Fsp3) is 0.273. The maximum Gasteiger partial charge on any atom is 0.308 e. The second-order valence-electron chi connectivity index (χ2n) is 10.7. The number of aromatic nitrogens is 1. The average Bonchev–Trinajstić information content (AvgIpc) is 3.46. The van der Waals surface area contributed by atoms with Gasteiger partial charge < -0.3 is 10.2 Å². The zero-order valence-corrected chi connectivity index (χ0v) is 25.8. The quantitative estimate of drug-likeness (QED) is 0.264. The molecule has 220 valence electrons. The average molecular weight is 613 g/mol. The van der Waals surface area contributed by atoms with Gasteiger partial charge in [0.25, 0.3) is 0 Å². The molecule has 2 unspecified atom stereocenters. The van der Waals surface area contributed by atoms with E-state index in [0.717, 1.165) is 41.2 Å². The van der Waals surface area contributed by atoms with Gasteiger partial charge in [-0.15, -0.1) is 0 Å². The number of imide groups is 1. The van der Waals surface area contributed by atoms with Gasteiger partial charge in [0.1, 0.15) is 11.8 Å². The highest BCUT2D eigenvalue weighted by Crippen LogP contribution is 2.54. The van der Waals surface area contributed by atoms with E-state index in [1.807, 2.05) is 61.5 Å². The lowest BCUT2D eigenvalue weighted by molar-refractivity contribution is -0.122. The molecule has 1 aromatic heterocycles. The van der Waals surface area contributed by atoms with E-state index in [1.165, 1.54) is 21.2 Å². The van der Waals surface area contributed by atoms with Crippen LogP contribution < -0.4 is 20.0 Å². The van der Waals surface area contributed by atoms with Gasteiger partial charge in [0.15, 0.2) is 0 Å². The molecular weight excluding hydrogens is 581 g/mol. The van der Waals surface area contributed by atoms with E-state index >= 15 is 0 Å². The number of rotatable bonds is 8. The number of hydrogen-bond acceptors (Lipinski definition) is 7. The Morgan fingerprint density at radius 1 is 0.884 bits per heavy atom. The molecule has 3 amide bonds. The molecule has 3 heterocycles. The molecule has 0 bridgehead atoms. The summed E-state index contributed by atoms with van der Waals surface area (Å²) < 4.78 is 1.45. The number of carbonyl (C=O) groups is 3. The lowest BCUT2D eigenvalue weighted by Crippen LogP contribution is -2.33. The third-order valence-corrected chi connectivity index (χ3v) is 10.7. The topological polar surface area (TPSA) is 91.7 Å². The van der Waals surface area contributed by atoms with Crippen molar-refractivity contribution in [3.8, 4) is 0 Å². The number of fused-ring (bicyclic) bond motifs is 2. The van der Waals surface area contributed by atoms with Crippen LogP contribution in [0, 0.1) is 12.8 Å². The van der Waals surface area contributed by atoms with Crippen LogP contribution in [0.4, 0.5) is 17.1 Å². The Labute approximate surface area is 258 Å². The predicted octanol–water partition coefficient (Wildman–Crippen LogP) is 5.50. The van der Waals surface area contributed by atoms with E-state index in [4.69, 9.17) is 0 Å². The zero-order chi connectivity index (χ0) is 30.2. The number of hydrogen-bond donors (Lipinski definition) is 1. The summed E-state index contributed by atoms with van der Waals surface area (Å²) in [6.45, 7) is 7.69. The van der Waals surface area contributed by atoms with Crippen LogP contribution in [0.5, 0.6) is 0 Å². The number of anilines is 3. The third kappa shape index (κ3) is 5.29. The molecule has 1 fully saturated rings. The Morgan fingerprint density at radius 2 is 1.56 bits per heavy atom. The summed E-state index contributed by atoms with van der Waals surface area (Å²) in [7, 11) is 0. The van der Waals surface area contributed by atoms with Crippen molar-refractivity contribution in [3.63, 3.8) is 0 Å². The highest BCUT2D eigenvalue weighted by atomic mass is 32.2. The normalized spacial score (nSPS) is 19.2. The molecule has 4 aromatic rings. The van der Waals surface area contributed by atoms with E-state index in [-0.39, 0.29) is 29.1 Å². The molecule has 6 rings (SSSR count). The number of aryl methyl sites for hydroxylation is 1. The second-order valence-corrected chi connectivity index (χ2v) is 12.8. The number of nitrogens with zero attached hydrogens (tertiary/aromatic N) is 3. The van der Waals surface area contributed by atoms with E-state index in [9.17, 15) is 19.2 Å². The molecule has 0 saturated carbocycles. The van der Waals surface area contributed by atoms with Gasteiger partial charge in [-0.1, -0.05) is 71.1 Å². The summed E-state index contributed by atoms with van der Waals surface area (Å²) in [6, 6.07) is 24.5. The van der Waals surface area contributed by atoms with Gasteiger partial charge in [0.05, 0.1) is 16.6 Å². The molecule has 3 aromatic carbocycles.